The zero-order valence-corrected chi connectivity index (χ0v) is 16.1. The SMILES string of the molecule is Cn1cc(/C=C/C(=O)c2cccc(NC(=O)OC(C)(C)C)c2)cc1C(=O)NO. The van der Waals surface area contributed by atoms with Crippen molar-refractivity contribution in [2.75, 3.05) is 5.32 Å². The third-order valence-corrected chi connectivity index (χ3v) is 3.58. The molecule has 0 aliphatic carbocycles. The lowest BCUT2D eigenvalue weighted by molar-refractivity contribution is 0.0635. The molecule has 0 aliphatic heterocycles. The minimum Gasteiger partial charge on any atom is -0.444 e. The minimum absolute atomic E-state index is 0.248. The van der Waals surface area contributed by atoms with Gasteiger partial charge in [0.15, 0.2) is 5.78 Å². The first-order valence-electron chi connectivity index (χ1n) is 8.52. The number of benzene rings is 1. The molecule has 2 rings (SSSR count). The van der Waals surface area contributed by atoms with Crippen molar-refractivity contribution in [1.29, 1.82) is 0 Å². The molecule has 0 saturated heterocycles. The van der Waals surface area contributed by atoms with Crippen LogP contribution in [0.4, 0.5) is 10.5 Å². The van der Waals surface area contributed by atoms with Crippen LogP contribution in [0.2, 0.25) is 0 Å². The Bertz CT molecular complexity index is 922. The fraction of sp³-hybridized carbons (Fsp3) is 0.250. The second-order valence-electron chi connectivity index (χ2n) is 7.12. The summed E-state index contributed by atoms with van der Waals surface area (Å²) >= 11 is 0. The van der Waals surface area contributed by atoms with Crippen LogP contribution < -0.4 is 10.8 Å². The fourth-order valence-electron chi connectivity index (χ4n) is 2.40. The maximum atomic E-state index is 12.4. The van der Waals surface area contributed by atoms with Crippen LogP contribution >= 0.6 is 0 Å². The van der Waals surface area contributed by atoms with Gasteiger partial charge in [0.25, 0.3) is 5.91 Å². The van der Waals surface area contributed by atoms with E-state index < -0.39 is 17.6 Å². The monoisotopic (exact) mass is 385 g/mol. The van der Waals surface area contributed by atoms with Crippen LogP contribution in [0.1, 0.15) is 47.2 Å². The number of carbonyl (C=O) groups excluding carboxylic acids is 3. The van der Waals surface area contributed by atoms with Gasteiger partial charge < -0.3 is 9.30 Å². The molecule has 0 aliphatic rings. The van der Waals surface area contributed by atoms with Gasteiger partial charge in [-0.2, -0.15) is 0 Å². The molecule has 0 saturated carbocycles. The summed E-state index contributed by atoms with van der Waals surface area (Å²) in [5.41, 5.74) is 2.64. The van der Waals surface area contributed by atoms with E-state index in [4.69, 9.17) is 9.94 Å². The van der Waals surface area contributed by atoms with Crippen LogP contribution in [0.15, 0.2) is 42.6 Å². The lowest BCUT2D eigenvalue weighted by Gasteiger charge is -2.19. The van der Waals surface area contributed by atoms with Gasteiger partial charge in [-0.3, -0.25) is 20.1 Å². The van der Waals surface area contributed by atoms with Crippen molar-refractivity contribution in [2.45, 2.75) is 26.4 Å². The fourth-order valence-corrected chi connectivity index (χ4v) is 2.40. The van der Waals surface area contributed by atoms with Crippen LogP contribution in [0.25, 0.3) is 6.08 Å². The molecule has 2 amide bonds. The summed E-state index contributed by atoms with van der Waals surface area (Å²) in [7, 11) is 1.65. The molecule has 0 fully saturated rings. The van der Waals surface area contributed by atoms with E-state index >= 15 is 0 Å². The van der Waals surface area contributed by atoms with Gasteiger partial charge in [0.2, 0.25) is 0 Å². The molecular formula is C20H23N3O5. The molecule has 0 atom stereocenters. The lowest BCUT2D eigenvalue weighted by atomic mass is 10.1. The zero-order valence-electron chi connectivity index (χ0n) is 16.1. The molecule has 3 N–H and O–H groups in total. The van der Waals surface area contributed by atoms with Gasteiger partial charge in [0, 0.05) is 24.5 Å². The van der Waals surface area contributed by atoms with Crippen LogP contribution in [-0.2, 0) is 11.8 Å². The van der Waals surface area contributed by atoms with E-state index in [0.29, 0.717) is 16.8 Å². The predicted octanol–water partition coefficient (Wildman–Crippen LogP) is 3.39. The van der Waals surface area contributed by atoms with Crippen molar-refractivity contribution >= 4 is 29.5 Å². The number of carbonyl (C=O) groups is 3. The average molecular weight is 385 g/mol. The number of hydrogen-bond donors (Lipinski definition) is 3. The molecule has 148 valence electrons. The van der Waals surface area contributed by atoms with Crippen molar-refractivity contribution in [3.05, 3.63) is 59.4 Å². The topological polar surface area (TPSA) is 110 Å². The zero-order chi connectivity index (χ0) is 20.9. The van der Waals surface area contributed by atoms with Crippen LogP contribution in [0.3, 0.4) is 0 Å². The molecule has 0 unspecified atom stereocenters. The number of anilines is 1. The van der Waals surface area contributed by atoms with Crippen LogP contribution in [0, 0.1) is 0 Å². The van der Waals surface area contributed by atoms with E-state index in [2.05, 4.69) is 5.32 Å². The number of hydroxylamine groups is 1. The van der Waals surface area contributed by atoms with Crippen molar-refractivity contribution < 1.29 is 24.3 Å². The maximum absolute atomic E-state index is 12.4. The Morgan fingerprint density at radius 2 is 1.89 bits per heavy atom. The first-order valence-corrected chi connectivity index (χ1v) is 8.52. The summed E-state index contributed by atoms with van der Waals surface area (Å²) in [5.74, 6) is -0.917. The lowest BCUT2D eigenvalue weighted by Crippen LogP contribution is -2.27. The third kappa shape index (κ3) is 5.82. The number of ketones is 1. The van der Waals surface area contributed by atoms with Crippen molar-refractivity contribution in [3.8, 4) is 0 Å². The summed E-state index contributed by atoms with van der Waals surface area (Å²) in [6.07, 6.45) is 3.97. The molecule has 1 aromatic heterocycles. The van der Waals surface area contributed by atoms with Crippen molar-refractivity contribution in [1.82, 2.24) is 10.0 Å². The average Bonchev–Trinajstić information content (AvgIpc) is 2.98. The molecule has 8 heteroatoms. The highest BCUT2D eigenvalue weighted by Gasteiger charge is 2.16. The molecular weight excluding hydrogens is 362 g/mol. The van der Waals surface area contributed by atoms with E-state index in [-0.39, 0.29) is 11.5 Å². The second kappa shape index (κ2) is 8.53. The summed E-state index contributed by atoms with van der Waals surface area (Å²) < 4.78 is 6.72. The second-order valence-corrected chi connectivity index (χ2v) is 7.12. The Hall–Kier alpha value is -3.39. The van der Waals surface area contributed by atoms with Gasteiger partial charge in [0.05, 0.1) is 0 Å². The molecule has 28 heavy (non-hydrogen) atoms. The van der Waals surface area contributed by atoms with E-state index in [0.717, 1.165) is 0 Å². The number of nitrogens with one attached hydrogen (secondary N) is 2. The summed E-state index contributed by atoms with van der Waals surface area (Å²) in [4.78, 5) is 35.8. The molecule has 0 spiro atoms. The standard InChI is InChI=1S/C20H23N3O5/c1-20(2,3)28-19(26)21-15-7-5-6-14(11-15)17(24)9-8-13-10-16(18(25)22-27)23(4)12-13/h5-12,27H,1-4H3,(H,21,26)(H,22,25)/b9-8+. The molecule has 2 aromatic rings. The quantitative estimate of drug-likeness (QED) is 0.316. The van der Waals surface area contributed by atoms with Gasteiger partial charge in [0.1, 0.15) is 11.3 Å². The van der Waals surface area contributed by atoms with E-state index in [1.807, 2.05) is 0 Å². The van der Waals surface area contributed by atoms with Gasteiger partial charge in [-0.05, 0) is 56.7 Å². The highest BCUT2D eigenvalue weighted by molar-refractivity contribution is 6.07. The number of nitrogens with zero attached hydrogens (tertiary/aromatic N) is 1. The minimum atomic E-state index is -0.644. The van der Waals surface area contributed by atoms with E-state index in [1.165, 1.54) is 16.7 Å². The normalized spacial score (nSPS) is 11.3. The highest BCUT2D eigenvalue weighted by atomic mass is 16.6. The number of aryl methyl sites for hydroxylation is 1. The predicted molar refractivity (Wildman–Crippen MR) is 104 cm³/mol. The molecule has 8 nitrogen and oxygen atoms in total. The number of amides is 2. The largest absolute Gasteiger partial charge is 0.444 e. The number of aromatic nitrogens is 1. The Morgan fingerprint density at radius 3 is 2.54 bits per heavy atom. The van der Waals surface area contributed by atoms with Gasteiger partial charge in [-0.1, -0.05) is 12.1 Å². The smallest absolute Gasteiger partial charge is 0.412 e. The number of allylic oxidation sites excluding steroid dienone is 1. The molecule has 1 aromatic carbocycles. The maximum Gasteiger partial charge on any atom is 0.412 e. The molecule has 1 heterocycles. The highest BCUT2D eigenvalue weighted by Crippen LogP contribution is 2.15. The van der Waals surface area contributed by atoms with Gasteiger partial charge >= 0.3 is 6.09 Å². The molecule has 0 bridgehead atoms. The van der Waals surface area contributed by atoms with Crippen molar-refractivity contribution in [2.24, 2.45) is 7.05 Å². The van der Waals surface area contributed by atoms with Gasteiger partial charge in [-0.15, -0.1) is 0 Å². The summed E-state index contributed by atoms with van der Waals surface area (Å²) in [6.45, 7) is 5.28. The number of ether oxygens (including phenoxy) is 1. The first kappa shape index (κ1) is 20.9. The van der Waals surface area contributed by atoms with Crippen LogP contribution in [-0.4, -0.2) is 33.2 Å². The Morgan fingerprint density at radius 1 is 1.18 bits per heavy atom. The van der Waals surface area contributed by atoms with E-state index in [9.17, 15) is 14.4 Å². The van der Waals surface area contributed by atoms with E-state index in [1.54, 1.807) is 69.8 Å². The number of hydrogen-bond acceptors (Lipinski definition) is 5. The Kier molecular flexibility index (Phi) is 6.37. The molecule has 0 radical (unpaired) electrons. The Labute approximate surface area is 162 Å². The Balaban J connectivity index is 2.10. The van der Waals surface area contributed by atoms with Crippen molar-refractivity contribution in [3.63, 3.8) is 0 Å². The first-order chi connectivity index (χ1) is 13.1. The number of rotatable bonds is 5. The van der Waals surface area contributed by atoms with Gasteiger partial charge in [-0.25, -0.2) is 10.3 Å². The summed E-state index contributed by atoms with van der Waals surface area (Å²) in [6, 6.07) is 8.02. The summed E-state index contributed by atoms with van der Waals surface area (Å²) in [5, 5.41) is 11.3. The van der Waals surface area contributed by atoms with Crippen LogP contribution in [0.5, 0.6) is 0 Å². The third-order valence-electron chi connectivity index (χ3n) is 3.58.